The Balaban J connectivity index is 1.84. The molecule has 2 heterocycles. The van der Waals surface area contributed by atoms with Gasteiger partial charge in [-0.05, 0) is 38.3 Å². The van der Waals surface area contributed by atoms with Crippen LogP contribution in [0.15, 0.2) is 24.3 Å². The van der Waals surface area contributed by atoms with E-state index in [1.54, 1.807) is 29.7 Å². The molecule has 0 radical (unpaired) electrons. The van der Waals surface area contributed by atoms with Crippen molar-refractivity contribution in [1.29, 1.82) is 0 Å². The molecule has 4 atom stereocenters. The molecule has 1 fully saturated rings. The molecule has 1 aromatic rings. The molecule has 8 heteroatoms. The number of amides is 3. The number of carbonyl (C=O) groups is 3. The second-order valence-corrected chi connectivity index (χ2v) is 10.3. The Hall–Kier alpha value is -2.06. The minimum absolute atomic E-state index is 0.149. The van der Waals surface area contributed by atoms with E-state index >= 15 is 0 Å². The first kappa shape index (κ1) is 21.6. The zero-order valence-corrected chi connectivity index (χ0v) is 18.2. The van der Waals surface area contributed by atoms with Gasteiger partial charge in [0.05, 0.1) is 6.61 Å². The van der Waals surface area contributed by atoms with Crippen molar-refractivity contribution in [2.24, 2.45) is 5.92 Å². The van der Waals surface area contributed by atoms with Crippen molar-refractivity contribution in [3.63, 3.8) is 0 Å². The molecule has 0 aromatic heterocycles. The quantitative estimate of drug-likeness (QED) is 0.652. The van der Waals surface area contributed by atoms with Gasteiger partial charge in [-0.1, -0.05) is 32.0 Å². The average Bonchev–Trinajstić information content (AvgIpc) is 3.09. The standard InChI is InChI=1S/C21H29N3O4S/c1-11(2)15(17(26)22-12(3)10-25)23-18(27)16-21(4,5)29-20-14-9-7-6-8-13(14)19(28)24(16)20/h6-9,11-12,15-16,20,25H,10H2,1-5H3,(H,22,26)(H,23,27)/t12-,15-,16+,20+/m0/s1. The molecule has 0 saturated carbocycles. The zero-order valence-electron chi connectivity index (χ0n) is 17.4. The molecule has 2 aliphatic heterocycles. The van der Waals surface area contributed by atoms with Crippen LogP contribution in [-0.2, 0) is 9.59 Å². The van der Waals surface area contributed by atoms with E-state index in [-0.39, 0.29) is 35.6 Å². The first-order valence-corrected chi connectivity index (χ1v) is 10.8. The number of fused-ring (bicyclic) bond motifs is 3. The van der Waals surface area contributed by atoms with Crippen molar-refractivity contribution in [3.05, 3.63) is 35.4 Å². The second-order valence-electron chi connectivity index (χ2n) is 8.60. The van der Waals surface area contributed by atoms with E-state index in [1.165, 1.54) is 0 Å². The minimum Gasteiger partial charge on any atom is -0.394 e. The topological polar surface area (TPSA) is 98.7 Å². The van der Waals surface area contributed by atoms with Crippen molar-refractivity contribution in [1.82, 2.24) is 15.5 Å². The van der Waals surface area contributed by atoms with Crippen LogP contribution in [0.1, 0.15) is 55.9 Å². The highest BCUT2D eigenvalue weighted by Gasteiger charge is 2.57. The van der Waals surface area contributed by atoms with Gasteiger partial charge in [0.25, 0.3) is 5.91 Å². The lowest BCUT2D eigenvalue weighted by Gasteiger charge is -2.32. The summed E-state index contributed by atoms with van der Waals surface area (Å²) in [4.78, 5) is 40.6. The van der Waals surface area contributed by atoms with E-state index < -0.39 is 22.9 Å². The Morgan fingerprint density at radius 3 is 2.48 bits per heavy atom. The van der Waals surface area contributed by atoms with Gasteiger partial charge < -0.3 is 20.6 Å². The highest BCUT2D eigenvalue weighted by atomic mass is 32.2. The van der Waals surface area contributed by atoms with Crippen LogP contribution >= 0.6 is 11.8 Å². The molecule has 0 aliphatic carbocycles. The van der Waals surface area contributed by atoms with Gasteiger partial charge in [0.1, 0.15) is 17.5 Å². The number of hydrogen-bond acceptors (Lipinski definition) is 5. The van der Waals surface area contributed by atoms with Crippen LogP contribution in [-0.4, -0.2) is 57.2 Å². The van der Waals surface area contributed by atoms with Gasteiger partial charge in [0, 0.05) is 16.4 Å². The van der Waals surface area contributed by atoms with E-state index in [2.05, 4.69) is 10.6 Å². The zero-order chi connectivity index (χ0) is 21.5. The summed E-state index contributed by atoms with van der Waals surface area (Å²) >= 11 is 1.59. The number of nitrogens with one attached hydrogen (secondary N) is 2. The number of aliphatic hydroxyl groups is 1. The SMILES string of the molecule is CC(C)[C@H](NC(=O)[C@H]1N2C(=O)c3ccccc3[C@H]2SC1(C)C)C(=O)N[C@@H](C)CO. The lowest BCUT2D eigenvalue weighted by Crippen LogP contribution is -2.59. The smallest absolute Gasteiger partial charge is 0.256 e. The molecule has 2 aliphatic rings. The van der Waals surface area contributed by atoms with Crippen molar-refractivity contribution in [2.75, 3.05) is 6.61 Å². The molecule has 0 unspecified atom stereocenters. The molecular weight excluding hydrogens is 390 g/mol. The summed E-state index contributed by atoms with van der Waals surface area (Å²) in [5.41, 5.74) is 1.56. The van der Waals surface area contributed by atoms with Gasteiger partial charge in [-0.3, -0.25) is 14.4 Å². The summed E-state index contributed by atoms with van der Waals surface area (Å²) < 4.78 is -0.506. The van der Waals surface area contributed by atoms with Crippen LogP contribution in [0.4, 0.5) is 0 Å². The molecule has 3 amide bonds. The fraction of sp³-hybridized carbons (Fsp3) is 0.571. The molecule has 158 valence electrons. The third-order valence-electron chi connectivity index (χ3n) is 5.45. The van der Waals surface area contributed by atoms with Crippen LogP contribution in [0.25, 0.3) is 0 Å². The van der Waals surface area contributed by atoms with Gasteiger partial charge in [0.2, 0.25) is 11.8 Å². The molecule has 3 rings (SSSR count). The fourth-order valence-corrected chi connectivity index (χ4v) is 5.54. The summed E-state index contributed by atoms with van der Waals surface area (Å²) in [7, 11) is 0. The van der Waals surface area contributed by atoms with Gasteiger partial charge in [-0.25, -0.2) is 0 Å². The highest BCUT2D eigenvalue weighted by molar-refractivity contribution is 8.01. The van der Waals surface area contributed by atoms with Gasteiger partial charge in [0.15, 0.2) is 0 Å². The van der Waals surface area contributed by atoms with Crippen LogP contribution in [0.5, 0.6) is 0 Å². The maximum Gasteiger partial charge on any atom is 0.256 e. The molecule has 7 nitrogen and oxygen atoms in total. The Morgan fingerprint density at radius 2 is 1.86 bits per heavy atom. The number of rotatable bonds is 6. The summed E-state index contributed by atoms with van der Waals surface area (Å²) in [6.07, 6.45) is 0. The minimum atomic E-state index is -0.753. The Bertz CT molecular complexity index is 826. The molecule has 29 heavy (non-hydrogen) atoms. The van der Waals surface area contributed by atoms with Gasteiger partial charge in [-0.2, -0.15) is 0 Å². The Labute approximate surface area is 175 Å². The molecule has 1 saturated heterocycles. The molecule has 3 N–H and O–H groups in total. The van der Waals surface area contributed by atoms with Gasteiger partial charge >= 0.3 is 0 Å². The summed E-state index contributed by atoms with van der Waals surface area (Å²) in [5, 5.41) is 14.6. The number of hydrogen-bond donors (Lipinski definition) is 3. The van der Waals surface area contributed by atoms with E-state index in [4.69, 9.17) is 0 Å². The molecular formula is C21H29N3O4S. The van der Waals surface area contributed by atoms with E-state index in [0.717, 1.165) is 5.56 Å². The maximum absolute atomic E-state index is 13.3. The maximum atomic E-state index is 13.3. The second kappa shape index (κ2) is 7.99. The van der Waals surface area contributed by atoms with Crippen molar-refractivity contribution < 1.29 is 19.5 Å². The van der Waals surface area contributed by atoms with Crippen LogP contribution in [0, 0.1) is 5.92 Å². The molecule has 0 bridgehead atoms. The van der Waals surface area contributed by atoms with E-state index in [1.807, 2.05) is 45.9 Å². The van der Waals surface area contributed by atoms with Crippen molar-refractivity contribution in [3.8, 4) is 0 Å². The normalized spacial score (nSPS) is 24.1. The number of nitrogens with zero attached hydrogens (tertiary/aromatic N) is 1. The first-order chi connectivity index (χ1) is 13.6. The van der Waals surface area contributed by atoms with Crippen LogP contribution in [0.2, 0.25) is 0 Å². The summed E-state index contributed by atoms with van der Waals surface area (Å²) in [5.74, 6) is -0.977. The van der Waals surface area contributed by atoms with E-state index in [9.17, 15) is 19.5 Å². The number of thioether (sulfide) groups is 1. The third-order valence-corrected chi connectivity index (χ3v) is 6.99. The first-order valence-electron chi connectivity index (χ1n) is 9.89. The Kier molecular flexibility index (Phi) is 5.96. The third kappa shape index (κ3) is 3.88. The Morgan fingerprint density at radius 1 is 1.21 bits per heavy atom. The van der Waals surface area contributed by atoms with Crippen LogP contribution < -0.4 is 10.6 Å². The number of carbonyl (C=O) groups excluding carboxylic acids is 3. The fourth-order valence-electron chi connectivity index (χ4n) is 3.95. The van der Waals surface area contributed by atoms with Crippen molar-refractivity contribution in [2.45, 2.75) is 62.9 Å². The van der Waals surface area contributed by atoms with Crippen LogP contribution in [0.3, 0.4) is 0 Å². The number of benzene rings is 1. The van der Waals surface area contributed by atoms with Crippen molar-refractivity contribution >= 4 is 29.5 Å². The monoisotopic (exact) mass is 419 g/mol. The lowest BCUT2D eigenvalue weighted by atomic mass is 9.98. The summed E-state index contributed by atoms with van der Waals surface area (Å²) in [6.45, 7) is 9.12. The van der Waals surface area contributed by atoms with E-state index in [0.29, 0.717) is 5.56 Å². The predicted molar refractivity (Wildman–Crippen MR) is 112 cm³/mol. The molecule has 0 spiro atoms. The predicted octanol–water partition coefficient (Wildman–Crippen LogP) is 1.67. The lowest BCUT2D eigenvalue weighted by molar-refractivity contribution is -0.133. The number of aliphatic hydroxyl groups excluding tert-OH is 1. The molecule has 1 aromatic carbocycles. The highest BCUT2D eigenvalue weighted by Crippen LogP contribution is 2.56. The average molecular weight is 420 g/mol. The van der Waals surface area contributed by atoms with Gasteiger partial charge in [-0.15, -0.1) is 11.8 Å². The summed E-state index contributed by atoms with van der Waals surface area (Å²) in [6, 6.07) is 5.60. The largest absolute Gasteiger partial charge is 0.394 e.